The fourth-order valence-electron chi connectivity index (χ4n) is 1.55. The van der Waals surface area contributed by atoms with Crippen molar-refractivity contribution >= 4 is 23.5 Å². The number of aromatic nitrogens is 2. The molecule has 110 valence electrons. The number of nitrogens with zero attached hydrogens (tertiary/aromatic N) is 2. The maximum atomic E-state index is 12.1. The molecule has 1 amide bonds. The lowest BCUT2D eigenvalue weighted by Gasteiger charge is -2.08. The Balaban J connectivity index is 2.27. The lowest BCUT2D eigenvalue weighted by Crippen LogP contribution is -2.14. The fraction of sp³-hybridized carbons (Fsp3) is 0.154. The second-order valence-electron chi connectivity index (χ2n) is 3.89. The normalized spacial score (nSPS) is 10.0. The number of hydrogen-bond donors (Lipinski definition) is 2. The molecule has 2 rings (SSSR count). The summed E-state index contributed by atoms with van der Waals surface area (Å²) in [6.07, 6.45) is 0. The van der Waals surface area contributed by atoms with Crippen LogP contribution < -0.4 is 14.8 Å². The number of methoxy groups -OCH3 is 2. The summed E-state index contributed by atoms with van der Waals surface area (Å²) < 4.78 is 9.93. The molecular formula is C13H12ClN3O4. The van der Waals surface area contributed by atoms with Gasteiger partial charge in [-0.1, -0.05) is 11.6 Å². The fourth-order valence-corrected chi connectivity index (χ4v) is 1.72. The molecular weight excluding hydrogens is 298 g/mol. The number of nitrogens with one attached hydrogen (secondary N) is 1. The van der Waals surface area contributed by atoms with Crippen LogP contribution in [-0.2, 0) is 0 Å². The van der Waals surface area contributed by atoms with Crippen LogP contribution in [0.3, 0.4) is 0 Å². The second-order valence-corrected chi connectivity index (χ2v) is 4.28. The van der Waals surface area contributed by atoms with Crippen molar-refractivity contribution in [1.29, 1.82) is 0 Å². The van der Waals surface area contributed by atoms with Gasteiger partial charge < -0.3 is 14.6 Å². The molecule has 0 radical (unpaired) electrons. The number of halogens is 1. The van der Waals surface area contributed by atoms with Crippen LogP contribution in [-0.4, -0.2) is 35.2 Å². The van der Waals surface area contributed by atoms with Gasteiger partial charge in [-0.25, -0.2) is 4.98 Å². The van der Waals surface area contributed by atoms with Crippen LogP contribution in [0.15, 0.2) is 24.3 Å². The SMILES string of the molecule is COc1ccc(O)c(C(=O)Nc2nc(Cl)cc(OC)n2)c1. The minimum atomic E-state index is -0.601. The van der Waals surface area contributed by atoms with Crippen LogP contribution in [0.1, 0.15) is 10.4 Å². The molecule has 0 fully saturated rings. The Morgan fingerprint density at radius 2 is 2.00 bits per heavy atom. The largest absolute Gasteiger partial charge is 0.507 e. The van der Waals surface area contributed by atoms with E-state index in [1.165, 1.54) is 38.5 Å². The topological polar surface area (TPSA) is 93.6 Å². The van der Waals surface area contributed by atoms with Crippen molar-refractivity contribution in [2.24, 2.45) is 0 Å². The van der Waals surface area contributed by atoms with Crippen molar-refractivity contribution in [3.8, 4) is 17.4 Å². The van der Waals surface area contributed by atoms with Gasteiger partial charge in [-0.05, 0) is 18.2 Å². The first kappa shape index (κ1) is 14.9. The van der Waals surface area contributed by atoms with Crippen molar-refractivity contribution in [2.45, 2.75) is 0 Å². The highest BCUT2D eigenvalue weighted by molar-refractivity contribution is 6.29. The van der Waals surface area contributed by atoms with Crippen LogP contribution in [0, 0.1) is 0 Å². The van der Waals surface area contributed by atoms with Gasteiger partial charge in [-0.2, -0.15) is 4.98 Å². The summed E-state index contributed by atoms with van der Waals surface area (Å²) in [5.74, 6) is -0.188. The summed E-state index contributed by atoms with van der Waals surface area (Å²) in [6.45, 7) is 0. The monoisotopic (exact) mass is 309 g/mol. The third-order valence-corrected chi connectivity index (χ3v) is 2.75. The van der Waals surface area contributed by atoms with Crippen LogP contribution in [0.5, 0.6) is 17.4 Å². The second kappa shape index (κ2) is 6.27. The minimum absolute atomic E-state index is 0.0249. The zero-order valence-electron chi connectivity index (χ0n) is 11.3. The number of benzene rings is 1. The molecule has 0 atom stereocenters. The quantitative estimate of drug-likeness (QED) is 0.840. The molecule has 7 nitrogen and oxygen atoms in total. The molecule has 0 aliphatic carbocycles. The molecule has 0 unspecified atom stereocenters. The zero-order chi connectivity index (χ0) is 15.4. The standard InChI is InChI=1S/C13H12ClN3O4/c1-20-7-3-4-9(18)8(5-7)12(19)17-13-15-10(14)6-11(16-13)21-2/h3-6,18H,1-2H3,(H,15,16,17,19). The van der Waals surface area contributed by atoms with Gasteiger partial charge in [0.05, 0.1) is 19.8 Å². The van der Waals surface area contributed by atoms with E-state index in [9.17, 15) is 9.90 Å². The van der Waals surface area contributed by atoms with E-state index in [4.69, 9.17) is 21.1 Å². The number of ether oxygens (including phenoxy) is 2. The van der Waals surface area contributed by atoms with Crippen molar-refractivity contribution in [1.82, 2.24) is 9.97 Å². The molecule has 21 heavy (non-hydrogen) atoms. The smallest absolute Gasteiger partial charge is 0.261 e. The van der Waals surface area contributed by atoms with Gasteiger partial charge in [0, 0.05) is 6.07 Å². The van der Waals surface area contributed by atoms with E-state index in [1.54, 1.807) is 0 Å². The third kappa shape index (κ3) is 3.51. The number of amides is 1. The van der Waals surface area contributed by atoms with Crippen LogP contribution in [0.4, 0.5) is 5.95 Å². The van der Waals surface area contributed by atoms with Crippen molar-refractivity contribution in [2.75, 3.05) is 19.5 Å². The molecule has 0 saturated heterocycles. The highest BCUT2D eigenvalue weighted by Gasteiger charge is 2.15. The lowest BCUT2D eigenvalue weighted by molar-refractivity contribution is 0.102. The molecule has 0 saturated carbocycles. The number of carbonyl (C=O) groups excluding carboxylic acids is 1. The van der Waals surface area contributed by atoms with E-state index >= 15 is 0 Å². The summed E-state index contributed by atoms with van der Waals surface area (Å²) in [7, 11) is 2.87. The van der Waals surface area contributed by atoms with Crippen molar-refractivity contribution < 1.29 is 19.4 Å². The number of phenols is 1. The predicted octanol–water partition coefficient (Wildman–Crippen LogP) is 2.11. The molecule has 8 heteroatoms. The number of rotatable bonds is 4. The average molecular weight is 310 g/mol. The molecule has 2 N–H and O–H groups in total. The highest BCUT2D eigenvalue weighted by Crippen LogP contribution is 2.24. The predicted molar refractivity (Wildman–Crippen MR) is 76.2 cm³/mol. The van der Waals surface area contributed by atoms with Gasteiger partial charge in [0.2, 0.25) is 11.8 Å². The first-order valence-electron chi connectivity index (χ1n) is 5.80. The maximum absolute atomic E-state index is 12.1. The number of phenolic OH excluding ortho intramolecular Hbond substituents is 1. The molecule has 0 spiro atoms. The molecule has 1 aromatic carbocycles. The highest BCUT2D eigenvalue weighted by atomic mass is 35.5. The molecule has 0 aliphatic heterocycles. The van der Waals surface area contributed by atoms with E-state index in [0.29, 0.717) is 5.75 Å². The maximum Gasteiger partial charge on any atom is 0.261 e. The number of hydrogen-bond acceptors (Lipinski definition) is 6. The first-order chi connectivity index (χ1) is 10.0. The molecule has 1 aromatic heterocycles. The first-order valence-corrected chi connectivity index (χ1v) is 6.18. The van der Waals surface area contributed by atoms with E-state index in [0.717, 1.165) is 0 Å². The van der Waals surface area contributed by atoms with Crippen LogP contribution >= 0.6 is 11.6 Å². The van der Waals surface area contributed by atoms with E-state index in [2.05, 4.69) is 15.3 Å². The Bertz CT molecular complexity index is 678. The summed E-state index contributed by atoms with van der Waals surface area (Å²) in [4.78, 5) is 19.9. The van der Waals surface area contributed by atoms with Crippen LogP contribution in [0.2, 0.25) is 5.15 Å². The molecule has 2 aromatic rings. The minimum Gasteiger partial charge on any atom is -0.507 e. The van der Waals surface area contributed by atoms with Gasteiger partial charge >= 0.3 is 0 Å². The van der Waals surface area contributed by atoms with Gasteiger partial charge in [-0.15, -0.1) is 0 Å². The Morgan fingerprint density at radius 1 is 1.24 bits per heavy atom. The van der Waals surface area contributed by atoms with Crippen LogP contribution in [0.25, 0.3) is 0 Å². The summed E-state index contributed by atoms with van der Waals surface area (Å²) in [5, 5.41) is 12.3. The van der Waals surface area contributed by atoms with E-state index in [1.807, 2.05) is 0 Å². The number of carbonyl (C=O) groups is 1. The lowest BCUT2D eigenvalue weighted by atomic mass is 10.2. The van der Waals surface area contributed by atoms with Gasteiger partial charge in [-0.3, -0.25) is 10.1 Å². The summed E-state index contributed by atoms with van der Waals surface area (Å²) in [6, 6.07) is 5.69. The number of anilines is 1. The van der Waals surface area contributed by atoms with Crippen molar-refractivity contribution in [3.05, 3.63) is 35.0 Å². The number of aromatic hydroxyl groups is 1. The van der Waals surface area contributed by atoms with Gasteiger partial charge in [0.1, 0.15) is 16.7 Å². The molecule has 0 aliphatic rings. The molecule has 1 heterocycles. The average Bonchev–Trinajstić information content (AvgIpc) is 2.46. The Kier molecular flexibility index (Phi) is 4.44. The van der Waals surface area contributed by atoms with Gasteiger partial charge in [0.15, 0.2) is 0 Å². The molecule has 0 bridgehead atoms. The Hall–Kier alpha value is -2.54. The third-order valence-electron chi connectivity index (χ3n) is 2.55. The summed E-state index contributed by atoms with van der Waals surface area (Å²) >= 11 is 5.79. The summed E-state index contributed by atoms with van der Waals surface area (Å²) in [5.41, 5.74) is 0.0249. The zero-order valence-corrected chi connectivity index (χ0v) is 12.0. The van der Waals surface area contributed by atoms with Crippen molar-refractivity contribution in [3.63, 3.8) is 0 Å². The Morgan fingerprint density at radius 3 is 2.67 bits per heavy atom. The van der Waals surface area contributed by atoms with E-state index in [-0.39, 0.29) is 28.3 Å². The Labute approximate surface area is 125 Å². The van der Waals surface area contributed by atoms with E-state index < -0.39 is 5.91 Å². The van der Waals surface area contributed by atoms with Gasteiger partial charge in [0.25, 0.3) is 5.91 Å².